The molecule has 1 heterocycles. The average molecular weight is 248 g/mol. The van der Waals surface area contributed by atoms with Crippen molar-refractivity contribution < 1.29 is 9.53 Å². The van der Waals surface area contributed by atoms with Gasteiger partial charge < -0.3 is 15.4 Å². The number of hydrogen-bond donors (Lipinski definition) is 1. The first-order valence-electron chi connectivity index (χ1n) is 6.39. The Morgan fingerprint density at radius 1 is 1.39 bits per heavy atom. The van der Waals surface area contributed by atoms with Crippen LogP contribution in [0.15, 0.2) is 30.3 Å². The maximum Gasteiger partial charge on any atom is 0.410 e. The van der Waals surface area contributed by atoms with Crippen LogP contribution in [-0.4, -0.2) is 29.6 Å². The van der Waals surface area contributed by atoms with Crippen LogP contribution in [0.25, 0.3) is 0 Å². The molecular weight excluding hydrogens is 228 g/mol. The Morgan fingerprint density at radius 2 is 2.11 bits per heavy atom. The number of likely N-dealkylation sites (tertiary alicyclic amines) is 1. The Morgan fingerprint density at radius 3 is 2.83 bits per heavy atom. The van der Waals surface area contributed by atoms with E-state index in [-0.39, 0.29) is 18.2 Å². The number of hydrogen-bond acceptors (Lipinski definition) is 3. The zero-order valence-corrected chi connectivity index (χ0v) is 10.7. The number of nitrogens with zero attached hydrogens (tertiary/aromatic N) is 1. The van der Waals surface area contributed by atoms with Crippen molar-refractivity contribution in [1.82, 2.24) is 4.90 Å². The molecule has 0 aliphatic carbocycles. The Hall–Kier alpha value is -1.55. The van der Waals surface area contributed by atoms with Gasteiger partial charge in [-0.1, -0.05) is 30.3 Å². The predicted molar refractivity (Wildman–Crippen MR) is 70.0 cm³/mol. The van der Waals surface area contributed by atoms with Gasteiger partial charge in [0.1, 0.15) is 6.61 Å². The second kappa shape index (κ2) is 5.87. The molecule has 1 aliphatic heterocycles. The van der Waals surface area contributed by atoms with E-state index in [1.165, 1.54) is 0 Å². The number of ether oxygens (including phenoxy) is 1. The summed E-state index contributed by atoms with van der Waals surface area (Å²) in [5.41, 5.74) is 6.88. The first-order chi connectivity index (χ1) is 8.66. The minimum Gasteiger partial charge on any atom is -0.445 e. The zero-order valence-electron chi connectivity index (χ0n) is 10.7. The molecule has 4 nitrogen and oxygen atoms in total. The highest BCUT2D eigenvalue weighted by Crippen LogP contribution is 2.17. The van der Waals surface area contributed by atoms with Gasteiger partial charge >= 0.3 is 6.09 Å². The van der Waals surface area contributed by atoms with Gasteiger partial charge in [0.05, 0.1) is 0 Å². The van der Waals surface area contributed by atoms with Crippen molar-refractivity contribution in [1.29, 1.82) is 0 Å². The third-order valence-electron chi connectivity index (χ3n) is 3.36. The lowest BCUT2D eigenvalue weighted by atomic mass is 10.0. The van der Waals surface area contributed by atoms with Crippen LogP contribution in [0.5, 0.6) is 0 Å². The maximum atomic E-state index is 12.0. The Labute approximate surface area is 108 Å². The molecule has 1 aromatic carbocycles. The lowest BCUT2D eigenvalue weighted by molar-refractivity contribution is 0.0680. The molecule has 1 aliphatic rings. The fourth-order valence-electron chi connectivity index (χ4n) is 2.19. The van der Waals surface area contributed by atoms with Crippen LogP contribution in [-0.2, 0) is 11.3 Å². The molecule has 2 atom stereocenters. The molecule has 98 valence electrons. The SMILES string of the molecule is C[C@H]1CC[C@H](N)CN1C(=O)OCc1ccccc1. The summed E-state index contributed by atoms with van der Waals surface area (Å²) in [5.74, 6) is 0. The van der Waals surface area contributed by atoms with Crippen molar-refractivity contribution in [2.24, 2.45) is 5.73 Å². The molecule has 0 radical (unpaired) electrons. The fourth-order valence-corrected chi connectivity index (χ4v) is 2.19. The molecule has 0 saturated carbocycles. The van der Waals surface area contributed by atoms with Crippen LogP contribution >= 0.6 is 0 Å². The van der Waals surface area contributed by atoms with E-state index in [1.54, 1.807) is 4.90 Å². The molecule has 0 aromatic heterocycles. The average Bonchev–Trinajstić information content (AvgIpc) is 2.40. The van der Waals surface area contributed by atoms with Crippen molar-refractivity contribution in [2.75, 3.05) is 6.54 Å². The van der Waals surface area contributed by atoms with Crippen molar-refractivity contribution >= 4 is 6.09 Å². The topological polar surface area (TPSA) is 55.6 Å². The standard InChI is InChI=1S/C14H20N2O2/c1-11-7-8-13(15)9-16(11)14(17)18-10-12-5-3-2-4-6-12/h2-6,11,13H,7-10,15H2,1H3/t11-,13-/m0/s1. The molecule has 18 heavy (non-hydrogen) atoms. The van der Waals surface area contributed by atoms with E-state index >= 15 is 0 Å². The quantitative estimate of drug-likeness (QED) is 0.872. The van der Waals surface area contributed by atoms with E-state index in [2.05, 4.69) is 0 Å². The summed E-state index contributed by atoms with van der Waals surface area (Å²) in [6.45, 7) is 2.95. The van der Waals surface area contributed by atoms with E-state index < -0.39 is 0 Å². The van der Waals surface area contributed by atoms with Gasteiger partial charge in [0.25, 0.3) is 0 Å². The molecule has 1 fully saturated rings. The minimum absolute atomic E-state index is 0.0745. The first kappa shape index (κ1) is 12.9. The third kappa shape index (κ3) is 3.23. The third-order valence-corrected chi connectivity index (χ3v) is 3.36. The van der Waals surface area contributed by atoms with E-state index in [4.69, 9.17) is 10.5 Å². The number of carbonyl (C=O) groups is 1. The van der Waals surface area contributed by atoms with E-state index in [1.807, 2.05) is 37.3 Å². The van der Waals surface area contributed by atoms with Gasteiger partial charge in [-0.3, -0.25) is 0 Å². The first-order valence-corrected chi connectivity index (χ1v) is 6.39. The van der Waals surface area contributed by atoms with Crippen LogP contribution in [0, 0.1) is 0 Å². The highest BCUT2D eigenvalue weighted by molar-refractivity contribution is 5.68. The van der Waals surface area contributed by atoms with Crippen LogP contribution in [0.4, 0.5) is 4.79 Å². The molecule has 0 spiro atoms. The fraction of sp³-hybridized carbons (Fsp3) is 0.500. The van der Waals surface area contributed by atoms with Gasteiger partial charge in [-0.05, 0) is 25.3 Å². The Balaban J connectivity index is 1.87. The number of rotatable bonds is 2. The van der Waals surface area contributed by atoms with Gasteiger partial charge in [-0.2, -0.15) is 0 Å². The van der Waals surface area contributed by atoms with Crippen LogP contribution in [0.3, 0.4) is 0 Å². The second-order valence-corrected chi connectivity index (χ2v) is 4.88. The zero-order chi connectivity index (χ0) is 13.0. The van der Waals surface area contributed by atoms with Crippen LogP contribution in [0.2, 0.25) is 0 Å². The number of nitrogens with two attached hydrogens (primary N) is 1. The van der Waals surface area contributed by atoms with E-state index in [0.717, 1.165) is 18.4 Å². The Bertz CT molecular complexity index is 394. The molecule has 4 heteroatoms. The molecule has 1 saturated heterocycles. The maximum absolute atomic E-state index is 12.0. The molecule has 1 amide bonds. The lowest BCUT2D eigenvalue weighted by Gasteiger charge is -2.35. The number of carbonyl (C=O) groups excluding carboxylic acids is 1. The number of piperidine rings is 1. The highest BCUT2D eigenvalue weighted by Gasteiger charge is 2.28. The van der Waals surface area contributed by atoms with Crippen LogP contribution < -0.4 is 5.73 Å². The van der Waals surface area contributed by atoms with Crippen LogP contribution in [0.1, 0.15) is 25.3 Å². The highest BCUT2D eigenvalue weighted by atomic mass is 16.6. The van der Waals surface area contributed by atoms with Gasteiger partial charge in [0.15, 0.2) is 0 Å². The van der Waals surface area contributed by atoms with Crippen molar-refractivity contribution in [3.63, 3.8) is 0 Å². The van der Waals surface area contributed by atoms with E-state index in [9.17, 15) is 4.79 Å². The number of benzene rings is 1. The monoisotopic (exact) mass is 248 g/mol. The molecule has 2 rings (SSSR count). The summed E-state index contributed by atoms with van der Waals surface area (Å²) in [6, 6.07) is 9.98. The Kier molecular flexibility index (Phi) is 4.20. The summed E-state index contributed by atoms with van der Waals surface area (Å²) >= 11 is 0. The molecular formula is C14H20N2O2. The summed E-state index contributed by atoms with van der Waals surface area (Å²) < 4.78 is 5.32. The lowest BCUT2D eigenvalue weighted by Crippen LogP contribution is -2.50. The normalized spacial score (nSPS) is 23.8. The smallest absolute Gasteiger partial charge is 0.410 e. The van der Waals surface area contributed by atoms with Gasteiger partial charge in [-0.25, -0.2) is 4.79 Å². The molecule has 0 unspecified atom stereocenters. The molecule has 2 N–H and O–H groups in total. The molecule has 1 aromatic rings. The summed E-state index contributed by atoms with van der Waals surface area (Å²) in [5, 5.41) is 0. The summed E-state index contributed by atoms with van der Waals surface area (Å²) in [6.07, 6.45) is 1.66. The summed E-state index contributed by atoms with van der Waals surface area (Å²) in [7, 11) is 0. The minimum atomic E-state index is -0.262. The predicted octanol–water partition coefficient (Wildman–Crippen LogP) is 2.13. The second-order valence-electron chi connectivity index (χ2n) is 4.88. The van der Waals surface area contributed by atoms with Crippen molar-refractivity contribution in [3.8, 4) is 0 Å². The molecule has 0 bridgehead atoms. The summed E-state index contributed by atoms with van der Waals surface area (Å²) in [4.78, 5) is 13.7. The van der Waals surface area contributed by atoms with Crippen molar-refractivity contribution in [2.45, 2.75) is 38.5 Å². The van der Waals surface area contributed by atoms with Crippen molar-refractivity contribution in [3.05, 3.63) is 35.9 Å². The number of amides is 1. The van der Waals surface area contributed by atoms with E-state index in [0.29, 0.717) is 13.2 Å². The van der Waals surface area contributed by atoms with Gasteiger partial charge in [-0.15, -0.1) is 0 Å². The van der Waals surface area contributed by atoms with Gasteiger partial charge in [0, 0.05) is 18.6 Å². The largest absolute Gasteiger partial charge is 0.445 e. The van der Waals surface area contributed by atoms with Gasteiger partial charge in [0.2, 0.25) is 0 Å².